The molecule has 2 nitrogen and oxygen atoms in total. The number of hydrogen-bond donors (Lipinski definition) is 1. The highest BCUT2D eigenvalue weighted by Crippen LogP contribution is 2.35. The summed E-state index contributed by atoms with van der Waals surface area (Å²) in [6, 6.07) is 7.61. The number of ether oxygens (including phenoxy) is 1. The van der Waals surface area contributed by atoms with Gasteiger partial charge in [0.15, 0.2) is 0 Å². The summed E-state index contributed by atoms with van der Waals surface area (Å²) in [5.41, 5.74) is 9.57. The van der Waals surface area contributed by atoms with Gasteiger partial charge < -0.3 is 10.5 Å². The highest BCUT2D eigenvalue weighted by molar-refractivity contribution is 9.10. The normalized spacial score (nSPS) is 10.6. The van der Waals surface area contributed by atoms with Crippen LogP contribution >= 0.6 is 27.5 Å². The van der Waals surface area contributed by atoms with E-state index in [1.54, 1.807) is 0 Å². The number of rotatable bonds is 2. The van der Waals surface area contributed by atoms with Crippen molar-refractivity contribution in [3.05, 3.63) is 50.5 Å². The van der Waals surface area contributed by atoms with Gasteiger partial charge in [-0.2, -0.15) is 0 Å². The van der Waals surface area contributed by atoms with E-state index in [0.29, 0.717) is 0 Å². The average molecular weight is 341 g/mol. The molecule has 19 heavy (non-hydrogen) atoms. The molecule has 0 heterocycles. The lowest BCUT2D eigenvalue weighted by atomic mass is 10.1. The predicted molar refractivity (Wildman–Crippen MR) is 84.3 cm³/mol. The zero-order chi connectivity index (χ0) is 14.2. The molecular weight excluding hydrogens is 326 g/mol. The van der Waals surface area contributed by atoms with Gasteiger partial charge in [0, 0.05) is 10.7 Å². The molecule has 2 aromatic carbocycles. The molecule has 0 saturated heterocycles. The molecule has 100 valence electrons. The molecule has 0 aliphatic carbocycles. The molecule has 0 aliphatic rings. The largest absolute Gasteiger partial charge is 0.456 e. The summed E-state index contributed by atoms with van der Waals surface area (Å²) in [5.74, 6) is 1.51. The minimum absolute atomic E-state index is 0.739. The summed E-state index contributed by atoms with van der Waals surface area (Å²) < 4.78 is 6.73. The first-order valence-electron chi connectivity index (χ1n) is 5.88. The molecule has 0 bridgehead atoms. The van der Waals surface area contributed by atoms with Crippen LogP contribution in [0.2, 0.25) is 5.02 Å². The third-order valence-corrected chi connectivity index (χ3v) is 4.17. The van der Waals surface area contributed by atoms with Gasteiger partial charge in [0.05, 0.1) is 4.47 Å². The van der Waals surface area contributed by atoms with Gasteiger partial charge in [-0.05, 0) is 77.7 Å². The van der Waals surface area contributed by atoms with Crippen LogP contribution < -0.4 is 10.5 Å². The van der Waals surface area contributed by atoms with Crippen molar-refractivity contribution in [3.8, 4) is 11.5 Å². The lowest BCUT2D eigenvalue weighted by Crippen LogP contribution is -1.93. The molecule has 0 spiro atoms. The summed E-state index contributed by atoms with van der Waals surface area (Å²) in [6.45, 7) is 5.88. The number of hydrogen-bond acceptors (Lipinski definition) is 2. The monoisotopic (exact) mass is 339 g/mol. The van der Waals surface area contributed by atoms with E-state index in [-0.39, 0.29) is 0 Å². The smallest absolute Gasteiger partial charge is 0.142 e. The third-order valence-electron chi connectivity index (χ3n) is 2.96. The molecule has 0 radical (unpaired) electrons. The van der Waals surface area contributed by atoms with Crippen LogP contribution in [0.4, 0.5) is 5.69 Å². The topological polar surface area (TPSA) is 35.2 Å². The first kappa shape index (κ1) is 14.2. The van der Waals surface area contributed by atoms with Crippen LogP contribution in [0.1, 0.15) is 16.7 Å². The van der Waals surface area contributed by atoms with Crippen LogP contribution in [0.5, 0.6) is 11.5 Å². The van der Waals surface area contributed by atoms with Crippen molar-refractivity contribution in [3.63, 3.8) is 0 Å². The van der Waals surface area contributed by atoms with Crippen LogP contribution in [0.25, 0.3) is 0 Å². The third kappa shape index (κ3) is 3.04. The highest BCUT2D eigenvalue weighted by atomic mass is 79.9. The molecule has 0 atom stereocenters. The maximum absolute atomic E-state index is 6.15. The van der Waals surface area contributed by atoms with E-state index in [1.807, 2.05) is 45.0 Å². The molecule has 0 unspecified atom stereocenters. The number of nitrogens with two attached hydrogens (primary N) is 1. The maximum Gasteiger partial charge on any atom is 0.142 e. The van der Waals surface area contributed by atoms with Crippen molar-refractivity contribution < 1.29 is 4.74 Å². The fourth-order valence-electron chi connectivity index (χ4n) is 1.84. The van der Waals surface area contributed by atoms with Crippen molar-refractivity contribution in [2.75, 3.05) is 5.73 Å². The Bertz CT molecular complexity index is 617. The first-order valence-corrected chi connectivity index (χ1v) is 7.06. The molecule has 0 aromatic heterocycles. The fourth-order valence-corrected chi connectivity index (χ4v) is 2.39. The average Bonchev–Trinajstić information content (AvgIpc) is 2.33. The molecule has 0 saturated carbocycles. The first-order chi connectivity index (χ1) is 8.88. The van der Waals surface area contributed by atoms with Gasteiger partial charge >= 0.3 is 0 Å². The van der Waals surface area contributed by atoms with Crippen LogP contribution in [0, 0.1) is 20.8 Å². The number of halogens is 2. The summed E-state index contributed by atoms with van der Waals surface area (Å²) in [4.78, 5) is 0. The molecule has 2 N–H and O–H groups in total. The van der Waals surface area contributed by atoms with Gasteiger partial charge in [0.2, 0.25) is 0 Å². The van der Waals surface area contributed by atoms with E-state index in [1.165, 1.54) is 0 Å². The second kappa shape index (κ2) is 5.43. The molecular formula is C15H15BrClNO. The van der Waals surface area contributed by atoms with E-state index in [2.05, 4.69) is 15.9 Å². The zero-order valence-electron chi connectivity index (χ0n) is 11.1. The van der Waals surface area contributed by atoms with Gasteiger partial charge in [0.25, 0.3) is 0 Å². The van der Waals surface area contributed by atoms with Crippen LogP contribution in [-0.2, 0) is 0 Å². The van der Waals surface area contributed by atoms with Crippen LogP contribution in [0.15, 0.2) is 28.7 Å². The maximum atomic E-state index is 6.15. The van der Waals surface area contributed by atoms with Gasteiger partial charge in [-0.1, -0.05) is 11.6 Å². The van der Waals surface area contributed by atoms with Crippen molar-refractivity contribution in [1.82, 2.24) is 0 Å². The van der Waals surface area contributed by atoms with E-state index in [4.69, 9.17) is 22.1 Å². The van der Waals surface area contributed by atoms with Gasteiger partial charge in [-0.25, -0.2) is 0 Å². The fraction of sp³-hybridized carbons (Fsp3) is 0.200. The highest BCUT2D eigenvalue weighted by Gasteiger charge is 2.08. The lowest BCUT2D eigenvalue weighted by Gasteiger charge is -2.12. The quantitative estimate of drug-likeness (QED) is 0.743. The van der Waals surface area contributed by atoms with Crippen molar-refractivity contribution in [1.29, 1.82) is 0 Å². The van der Waals surface area contributed by atoms with Crippen LogP contribution in [-0.4, -0.2) is 0 Å². The summed E-state index contributed by atoms with van der Waals surface area (Å²) in [5, 5.41) is 0.778. The molecule has 2 rings (SSSR count). The van der Waals surface area contributed by atoms with Crippen molar-refractivity contribution in [2.45, 2.75) is 20.8 Å². The molecule has 0 amide bonds. The summed E-state index contributed by atoms with van der Waals surface area (Å²) >= 11 is 9.61. The number of anilines is 1. The molecule has 0 fully saturated rings. The Balaban J connectivity index is 2.39. The van der Waals surface area contributed by atoms with Gasteiger partial charge in [0.1, 0.15) is 11.5 Å². The molecule has 0 aliphatic heterocycles. The number of aryl methyl sites for hydroxylation is 3. The van der Waals surface area contributed by atoms with Crippen LogP contribution in [0.3, 0.4) is 0 Å². The summed E-state index contributed by atoms with van der Waals surface area (Å²) in [7, 11) is 0. The standard InChI is InChI=1S/C15H15BrClNO/c1-8-6-14(12(16)7-13(8)18)19-11-4-9(2)15(17)10(3)5-11/h4-7H,18H2,1-3H3. The Kier molecular flexibility index (Phi) is 4.07. The Labute approximate surface area is 126 Å². The Hall–Kier alpha value is -1.19. The van der Waals surface area contributed by atoms with Gasteiger partial charge in [-0.3, -0.25) is 0 Å². The van der Waals surface area contributed by atoms with E-state index < -0.39 is 0 Å². The van der Waals surface area contributed by atoms with Gasteiger partial charge in [-0.15, -0.1) is 0 Å². The predicted octanol–water partition coefficient (Wildman–Crippen LogP) is 5.40. The van der Waals surface area contributed by atoms with E-state index in [0.717, 1.165) is 43.4 Å². The second-order valence-electron chi connectivity index (χ2n) is 4.61. The minimum Gasteiger partial charge on any atom is -0.456 e. The zero-order valence-corrected chi connectivity index (χ0v) is 13.4. The SMILES string of the molecule is Cc1cc(Oc2cc(C)c(Cl)c(C)c2)c(Br)cc1N. The molecule has 4 heteroatoms. The lowest BCUT2D eigenvalue weighted by molar-refractivity contribution is 0.478. The van der Waals surface area contributed by atoms with E-state index >= 15 is 0 Å². The second-order valence-corrected chi connectivity index (χ2v) is 5.84. The Morgan fingerprint density at radius 3 is 2.16 bits per heavy atom. The number of nitrogen functional groups attached to an aromatic ring is 1. The number of benzene rings is 2. The van der Waals surface area contributed by atoms with E-state index in [9.17, 15) is 0 Å². The Morgan fingerprint density at radius 1 is 1.00 bits per heavy atom. The summed E-state index contributed by atoms with van der Waals surface area (Å²) in [6.07, 6.45) is 0. The van der Waals surface area contributed by atoms with Crippen molar-refractivity contribution in [2.24, 2.45) is 0 Å². The van der Waals surface area contributed by atoms with Crippen molar-refractivity contribution >= 4 is 33.2 Å². The molecule has 2 aromatic rings. The minimum atomic E-state index is 0.739. The Morgan fingerprint density at radius 2 is 1.58 bits per heavy atom.